The van der Waals surface area contributed by atoms with E-state index in [1.807, 2.05) is 12.1 Å². The van der Waals surface area contributed by atoms with Gasteiger partial charge < -0.3 is 17.2 Å². The van der Waals surface area contributed by atoms with Gasteiger partial charge in [-0.25, -0.2) is 15.0 Å². The number of aromatic nitrogens is 2. The van der Waals surface area contributed by atoms with Crippen molar-refractivity contribution in [2.75, 3.05) is 30.3 Å². The number of hydrogen-bond donors (Lipinski definition) is 5. The summed E-state index contributed by atoms with van der Waals surface area (Å²) in [4.78, 5) is 38.9. The minimum Gasteiger partial charge on any atom is -0.382 e. The largest absolute Gasteiger partial charge is 0.382 e. The summed E-state index contributed by atoms with van der Waals surface area (Å²) in [6.45, 7) is 2.26. The molecule has 1 saturated heterocycles. The molecule has 214 valence electrons. The lowest BCUT2D eigenvalue weighted by molar-refractivity contribution is 0.0967. The quantitative estimate of drug-likeness (QED) is 0.0864. The molecule has 1 aromatic carbocycles. The Morgan fingerprint density at radius 2 is 1.74 bits per heavy atom. The first-order valence-electron chi connectivity index (χ1n) is 11.9. The lowest BCUT2D eigenvalue weighted by Gasteiger charge is -2.30. The van der Waals surface area contributed by atoms with Gasteiger partial charge in [-0.1, -0.05) is 35.9 Å². The normalized spacial score (nSPS) is 15.0. The number of nitrogens with two attached hydrogens (primary N) is 3. The second-order valence-electron chi connectivity index (χ2n) is 8.97. The van der Waals surface area contributed by atoms with Crippen LogP contribution in [0.4, 0.5) is 11.6 Å². The number of likely N-dealkylation sites (tertiary alicyclic amines) is 1. The van der Waals surface area contributed by atoms with Gasteiger partial charge in [0, 0.05) is 31.6 Å². The Balaban J connectivity index is 0.00000533. The fraction of sp³-hybridized carbons (Fsp3) is 0.435. The predicted molar refractivity (Wildman–Crippen MR) is 152 cm³/mol. The first-order valence-corrected chi connectivity index (χ1v) is 13.9. The Morgan fingerprint density at radius 1 is 1.10 bits per heavy atom. The van der Waals surface area contributed by atoms with E-state index in [1.165, 1.54) is 0 Å². The second kappa shape index (κ2) is 14.4. The van der Waals surface area contributed by atoms with E-state index in [1.54, 1.807) is 12.1 Å². The van der Waals surface area contributed by atoms with Crippen LogP contribution < -0.4 is 22.5 Å². The topological polar surface area (TPSA) is 220 Å². The zero-order chi connectivity index (χ0) is 27.9. The minimum absolute atomic E-state index is 0. The number of unbranched alkanes of at least 4 members (excludes halogenated alkanes) is 1. The van der Waals surface area contributed by atoms with Crippen LogP contribution in [0.5, 0.6) is 0 Å². The van der Waals surface area contributed by atoms with Gasteiger partial charge in [-0.05, 0) is 31.2 Å². The standard InChI is InChI=1S/C23H31ClN8O5S.ClH/c24-19-21(26)30-20(25)18(29-19)22(34)31-23(27)28-16-8-10-32(11-9-16)13-14-4-6-15(7-5-14)17(33)3-1-2-12-38(35,36)37;/h4-7,16H,1-3,8-13H2,(H4,25,26,30)(H,35,36,37)(H3,27,28,31,34);1H. The van der Waals surface area contributed by atoms with Gasteiger partial charge in [0.25, 0.3) is 16.0 Å². The number of aliphatic imine (C=N–C) groups is 1. The van der Waals surface area contributed by atoms with Crippen molar-refractivity contribution in [1.29, 1.82) is 0 Å². The second-order valence-corrected chi connectivity index (χ2v) is 10.9. The Morgan fingerprint density at radius 3 is 2.36 bits per heavy atom. The van der Waals surface area contributed by atoms with Gasteiger partial charge in [-0.15, -0.1) is 12.4 Å². The number of rotatable bonds is 10. The van der Waals surface area contributed by atoms with Crippen LogP contribution in [0.15, 0.2) is 29.3 Å². The van der Waals surface area contributed by atoms with Crippen molar-refractivity contribution in [3.8, 4) is 0 Å². The molecule has 1 fully saturated rings. The number of carbonyl (C=O) groups is 2. The van der Waals surface area contributed by atoms with Crippen LogP contribution >= 0.6 is 24.0 Å². The van der Waals surface area contributed by atoms with E-state index < -0.39 is 16.0 Å². The molecule has 0 unspecified atom stereocenters. The molecule has 2 heterocycles. The minimum atomic E-state index is -4.00. The number of ketones is 1. The summed E-state index contributed by atoms with van der Waals surface area (Å²) in [7, 11) is -4.00. The van der Waals surface area contributed by atoms with Crippen molar-refractivity contribution < 1.29 is 22.6 Å². The number of Topliss-reactive ketones (excluding diaryl/α,β-unsaturated/α-hetero) is 1. The zero-order valence-electron chi connectivity index (χ0n) is 21.0. The van der Waals surface area contributed by atoms with Gasteiger partial charge in [0.1, 0.15) is 0 Å². The van der Waals surface area contributed by atoms with Crippen molar-refractivity contribution in [2.45, 2.75) is 44.7 Å². The molecule has 0 aliphatic carbocycles. The molecule has 3 rings (SSSR count). The van der Waals surface area contributed by atoms with Crippen LogP contribution in [0.25, 0.3) is 0 Å². The van der Waals surface area contributed by atoms with E-state index >= 15 is 0 Å². The Bertz CT molecular complexity index is 1300. The Labute approximate surface area is 237 Å². The first-order chi connectivity index (χ1) is 17.9. The lowest BCUT2D eigenvalue weighted by atomic mass is 10.0. The highest BCUT2D eigenvalue weighted by Crippen LogP contribution is 2.19. The Kier molecular flexibility index (Phi) is 11.9. The average molecular weight is 604 g/mol. The van der Waals surface area contributed by atoms with Crippen molar-refractivity contribution >= 4 is 63.4 Å². The number of carbonyl (C=O) groups excluding carboxylic acids is 2. The average Bonchev–Trinajstić information content (AvgIpc) is 2.85. The van der Waals surface area contributed by atoms with Crippen molar-refractivity contribution in [2.24, 2.45) is 10.7 Å². The fourth-order valence-corrected chi connectivity index (χ4v) is 4.68. The molecule has 13 nitrogen and oxygen atoms in total. The number of nitrogens with zero attached hydrogens (tertiary/aromatic N) is 4. The van der Waals surface area contributed by atoms with Crippen LogP contribution in [0.3, 0.4) is 0 Å². The third kappa shape index (κ3) is 10.2. The SMILES string of the molecule is Cl.NC(=NC1CCN(Cc2ccc(C(=O)CCCCS(=O)(=O)O)cc2)CC1)NC(=O)c1nc(Cl)c(N)nc1N. The molecule has 8 N–H and O–H groups in total. The lowest BCUT2D eigenvalue weighted by Crippen LogP contribution is -2.40. The summed E-state index contributed by atoms with van der Waals surface area (Å²) in [5.41, 5.74) is 18.5. The van der Waals surface area contributed by atoms with Crippen molar-refractivity contribution in [3.05, 3.63) is 46.2 Å². The summed E-state index contributed by atoms with van der Waals surface area (Å²) >= 11 is 5.81. The zero-order valence-corrected chi connectivity index (χ0v) is 23.4. The molecule has 0 saturated carbocycles. The summed E-state index contributed by atoms with van der Waals surface area (Å²) < 4.78 is 30.3. The first kappa shape index (κ1) is 32.2. The van der Waals surface area contributed by atoms with Gasteiger partial charge in [0.15, 0.2) is 34.2 Å². The maximum Gasteiger partial charge on any atom is 0.280 e. The molecular formula is C23H32Cl2N8O5S. The third-order valence-corrected chi connectivity index (χ3v) is 7.06. The van der Waals surface area contributed by atoms with E-state index in [-0.39, 0.29) is 71.3 Å². The van der Waals surface area contributed by atoms with E-state index in [4.69, 9.17) is 33.4 Å². The van der Waals surface area contributed by atoms with Crippen molar-refractivity contribution in [1.82, 2.24) is 20.2 Å². The third-order valence-electron chi connectivity index (χ3n) is 5.98. The predicted octanol–water partition coefficient (Wildman–Crippen LogP) is 1.67. The number of hydrogen-bond acceptors (Lipinski definition) is 10. The van der Waals surface area contributed by atoms with Crippen molar-refractivity contribution in [3.63, 3.8) is 0 Å². The molecule has 0 spiro atoms. The number of halogens is 2. The molecule has 1 aromatic heterocycles. The molecule has 0 radical (unpaired) electrons. The van der Waals surface area contributed by atoms with E-state index in [0.29, 0.717) is 18.5 Å². The van der Waals surface area contributed by atoms with Crippen LogP contribution in [0.1, 0.15) is 58.5 Å². The van der Waals surface area contributed by atoms with E-state index in [0.717, 1.165) is 31.5 Å². The van der Waals surface area contributed by atoms with Crippen LogP contribution in [-0.4, -0.2) is 70.4 Å². The highest BCUT2D eigenvalue weighted by atomic mass is 35.5. The maximum absolute atomic E-state index is 12.4. The number of nitrogen functional groups attached to an aromatic ring is 2. The molecular weight excluding hydrogens is 571 g/mol. The number of amides is 1. The van der Waals surface area contributed by atoms with Crippen LogP contribution in [0, 0.1) is 0 Å². The Hall–Kier alpha value is -3.04. The molecule has 1 aliphatic heterocycles. The monoisotopic (exact) mass is 602 g/mol. The summed E-state index contributed by atoms with van der Waals surface area (Å²) in [6, 6.07) is 7.28. The van der Waals surface area contributed by atoms with Gasteiger partial charge >= 0.3 is 0 Å². The summed E-state index contributed by atoms with van der Waals surface area (Å²) in [5.74, 6) is -1.39. The fourth-order valence-electron chi connectivity index (χ4n) is 3.99. The van der Waals surface area contributed by atoms with E-state index in [2.05, 4.69) is 25.2 Å². The highest BCUT2D eigenvalue weighted by molar-refractivity contribution is 7.85. The maximum atomic E-state index is 12.4. The summed E-state index contributed by atoms with van der Waals surface area (Å²) in [5, 5.41) is 2.31. The van der Waals surface area contributed by atoms with Crippen LogP contribution in [0.2, 0.25) is 5.15 Å². The van der Waals surface area contributed by atoms with Gasteiger partial charge in [-0.3, -0.25) is 24.4 Å². The number of piperidine rings is 1. The van der Waals surface area contributed by atoms with E-state index in [9.17, 15) is 18.0 Å². The van der Waals surface area contributed by atoms with Crippen LogP contribution in [-0.2, 0) is 16.7 Å². The molecule has 2 aromatic rings. The molecule has 0 bridgehead atoms. The number of guanidine groups is 1. The van der Waals surface area contributed by atoms with Gasteiger partial charge in [0.2, 0.25) is 0 Å². The van der Waals surface area contributed by atoms with Gasteiger partial charge in [-0.2, -0.15) is 8.42 Å². The molecule has 1 aliphatic rings. The molecule has 16 heteroatoms. The molecule has 1 amide bonds. The summed E-state index contributed by atoms with van der Waals surface area (Å²) in [6.07, 6.45) is 2.34. The molecule has 0 atom stereocenters. The van der Waals surface area contributed by atoms with Gasteiger partial charge in [0.05, 0.1) is 11.8 Å². The smallest absolute Gasteiger partial charge is 0.280 e. The molecule has 39 heavy (non-hydrogen) atoms. The number of benzene rings is 1. The highest BCUT2D eigenvalue weighted by Gasteiger charge is 2.21. The number of nitrogens with one attached hydrogen (secondary N) is 1. The number of anilines is 2.